The van der Waals surface area contributed by atoms with Crippen molar-refractivity contribution in [1.82, 2.24) is 15.5 Å². The maximum Gasteiger partial charge on any atom is 0.412 e. The minimum atomic E-state index is -1.40. The number of hydrogen-bond donors (Lipinski definition) is 3. The Morgan fingerprint density at radius 3 is 2.36 bits per heavy atom. The number of carboxylic acid groups (broad SMARTS) is 1. The van der Waals surface area contributed by atoms with Crippen molar-refractivity contribution in [3.8, 4) is 34.2 Å². The predicted octanol–water partition coefficient (Wildman–Crippen LogP) is 7.88. The van der Waals surface area contributed by atoms with E-state index in [4.69, 9.17) is 36.9 Å². The quantitative estimate of drug-likeness (QED) is 0.141. The van der Waals surface area contributed by atoms with Crippen molar-refractivity contribution in [1.29, 1.82) is 0 Å². The Hall–Kier alpha value is -5.20. The van der Waals surface area contributed by atoms with Crippen LogP contribution in [0.3, 0.4) is 0 Å². The number of carbonyl (C=O) groups is 3. The third-order valence-corrected chi connectivity index (χ3v) is 7.09. The Balaban J connectivity index is 1.24. The van der Waals surface area contributed by atoms with Crippen LogP contribution in [-0.4, -0.2) is 44.9 Å². The monoisotopic (exact) mass is 680 g/mol. The maximum absolute atomic E-state index is 15.2. The van der Waals surface area contributed by atoms with Crippen molar-refractivity contribution < 1.29 is 37.6 Å². The average molecular weight is 682 g/mol. The molecule has 3 N–H and O–H groups in total. The molecule has 0 fully saturated rings. The van der Waals surface area contributed by atoms with Crippen LogP contribution in [0.4, 0.5) is 14.9 Å². The number of aromatic nitrogens is 2. The van der Waals surface area contributed by atoms with E-state index in [0.717, 1.165) is 6.07 Å². The number of aliphatic carboxylic acids is 1. The molecule has 5 rings (SSSR count). The van der Waals surface area contributed by atoms with Crippen LogP contribution in [0.15, 0.2) is 81.7 Å². The Labute approximate surface area is 277 Å². The van der Waals surface area contributed by atoms with Gasteiger partial charge >= 0.3 is 12.1 Å². The second-order valence-electron chi connectivity index (χ2n) is 11.3. The zero-order chi connectivity index (χ0) is 33.9. The first-order valence-electron chi connectivity index (χ1n) is 14.1. The molecule has 1 unspecified atom stereocenters. The number of furan rings is 1. The van der Waals surface area contributed by atoms with Crippen molar-refractivity contribution in [3.63, 3.8) is 0 Å². The Bertz CT molecular complexity index is 1950. The van der Waals surface area contributed by atoms with Gasteiger partial charge in [-0.3, -0.25) is 10.1 Å². The molecule has 0 saturated carbocycles. The Kier molecular flexibility index (Phi) is 9.64. The van der Waals surface area contributed by atoms with E-state index in [2.05, 4.69) is 20.8 Å². The van der Waals surface area contributed by atoms with Crippen molar-refractivity contribution >= 4 is 46.9 Å². The number of rotatable bonds is 9. The molecule has 1 atom stereocenters. The van der Waals surface area contributed by atoms with Gasteiger partial charge in [0.05, 0.1) is 10.6 Å². The normalized spacial score (nSPS) is 12.0. The summed E-state index contributed by atoms with van der Waals surface area (Å²) < 4.78 is 31.3. The fourth-order valence-corrected chi connectivity index (χ4v) is 4.90. The van der Waals surface area contributed by atoms with Gasteiger partial charge in [-0.05, 0) is 93.1 Å². The van der Waals surface area contributed by atoms with E-state index in [1.165, 1.54) is 30.3 Å². The summed E-state index contributed by atoms with van der Waals surface area (Å²) in [5, 5.41) is 19.4. The van der Waals surface area contributed by atoms with Crippen LogP contribution in [0.5, 0.6) is 0 Å². The van der Waals surface area contributed by atoms with E-state index in [-0.39, 0.29) is 35.2 Å². The predicted molar refractivity (Wildman–Crippen MR) is 172 cm³/mol. The van der Waals surface area contributed by atoms with Crippen molar-refractivity contribution in [2.45, 2.75) is 38.8 Å². The first-order chi connectivity index (χ1) is 22.3. The lowest BCUT2D eigenvalue weighted by Gasteiger charge is -2.19. The van der Waals surface area contributed by atoms with Crippen molar-refractivity contribution in [3.05, 3.63) is 100.0 Å². The second kappa shape index (κ2) is 13.7. The Morgan fingerprint density at radius 1 is 0.979 bits per heavy atom. The van der Waals surface area contributed by atoms with Crippen LogP contribution in [0.1, 0.15) is 36.9 Å². The smallest absolute Gasteiger partial charge is 0.412 e. The minimum Gasteiger partial charge on any atom is -0.480 e. The molecule has 2 aromatic heterocycles. The van der Waals surface area contributed by atoms with Crippen LogP contribution in [0.25, 0.3) is 34.2 Å². The molecule has 2 amide bonds. The summed E-state index contributed by atoms with van der Waals surface area (Å²) >= 11 is 12.1. The zero-order valence-electron chi connectivity index (χ0n) is 25.1. The van der Waals surface area contributed by atoms with E-state index < -0.39 is 35.4 Å². The van der Waals surface area contributed by atoms with Gasteiger partial charge in [0.2, 0.25) is 5.82 Å². The second-order valence-corrected chi connectivity index (χ2v) is 12.1. The fraction of sp³-hybridized carbons (Fsp3) is 0.182. The van der Waals surface area contributed by atoms with Crippen LogP contribution in [0.2, 0.25) is 10.0 Å². The number of carbonyl (C=O) groups excluding carboxylic acids is 2. The summed E-state index contributed by atoms with van der Waals surface area (Å²) in [4.78, 5) is 41.1. The van der Waals surface area contributed by atoms with Crippen LogP contribution in [-0.2, 0) is 16.0 Å². The minimum absolute atomic E-state index is 0.0202. The molecule has 5 aromatic rings. The number of carboxylic acids is 1. The standard InChI is InChI=1S/C33H27Cl2FN4O7/c1-33(2,3)46-32(44)37-20-8-5-18(6-9-20)30-39-28(40-47-30)22-10-4-17(14-24(22)36)15-25(31(42)43)38-29(41)27-13-12-26(45-27)21-11-7-19(34)16-23(21)35/h4-14,16,25H,15H2,1-3H3,(H,37,44)(H,38,41)(H,42,43). The lowest BCUT2D eigenvalue weighted by molar-refractivity contribution is -0.139. The molecular weight excluding hydrogens is 654 g/mol. The zero-order valence-corrected chi connectivity index (χ0v) is 26.6. The van der Waals surface area contributed by atoms with E-state index in [9.17, 15) is 19.5 Å². The molecule has 2 heterocycles. The van der Waals surface area contributed by atoms with Gasteiger partial charge in [-0.1, -0.05) is 34.4 Å². The number of nitrogens with one attached hydrogen (secondary N) is 2. The van der Waals surface area contributed by atoms with E-state index in [1.54, 1.807) is 57.2 Å². The highest BCUT2D eigenvalue weighted by Gasteiger charge is 2.25. The molecule has 14 heteroatoms. The Morgan fingerprint density at radius 2 is 1.70 bits per heavy atom. The summed E-state index contributed by atoms with van der Waals surface area (Å²) in [6.07, 6.45) is -0.829. The average Bonchev–Trinajstić information content (AvgIpc) is 3.67. The molecule has 0 aliphatic carbocycles. The molecule has 0 bridgehead atoms. The number of hydrogen-bond acceptors (Lipinski definition) is 8. The first kappa shape index (κ1) is 33.2. The van der Waals surface area contributed by atoms with Gasteiger partial charge in [0, 0.05) is 28.3 Å². The van der Waals surface area contributed by atoms with Gasteiger partial charge in [-0.2, -0.15) is 4.98 Å². The van der Waals surface area contributed by atoms with E-state index in [1.807, 2.05) is 0 Å². The molecular formula is C33H27Cl2FN4O7. The molecule has 242 valence electrons. The highest BCUT2D eigenvalue weighted by Crippen LogP contribution is 2.32. The third-order valence-electron chi connectivity index (χ3n) is 6.55. The summed E-state index contributed by atoms with van der Waals surface area (Å²) in [5.41, 5.74) is 1.18. The molecule has 11 nitrogen and oxygen atoms in total. The molecule has 0 spiro atoms. The number of ether oxygens (including phenoxy) is 1. The van der Waals surface area contributed by atoms with Crippen LogP contribution in [0, 0.1) is 5.82 Å². The van der Waals surface area contributed by atoms with Gasteiger partial charge < -0.3 is 24.1 Å². The van der Waals surface area contributed by atoms with Crippen LogP contribution < -0.4 is 10.6 Å². The number of nitrogens with zero attached hydrogens (tertiary/aromatic N) is 2. The van der Waals surface area contributed by atoms with Gasteiger partial charge in [-0.15, -0.1) is 0 Å². The van der Waals surface area contributed by atoms with Gasteiger partial charge in [0.25, 0.3) is 11.8 Å². The molecule has 0 radical (unpaired) electrons. The molecule has 0 aliphatic rings. The summed E-state index contributed by atoms with van der Waals surface area (Å²) in [5.74, 6) is -2.60. The fourth-order valence-electron chi connectivity index (χ4n) is 4.39. The molecule has 0 saturated heterocycles. The number of benzene rings is 3. The van der Waals surface area contributed by atoms with E-state index in [0.29, 0.717) is 32.4 Å². The topological polar surface area (TPSA) is 157 Å². The number of halogens is 3. The highest BCUT2D eigenvalue weighted by atomic mass is 35.5. The molecule has 47 heavy (non-hydrogen) atoms. The first-order valence-corrected chi connectivity index (χ1v) is 14.8. The van der Waals surface area contributed by atoms with Crippen LogP contribution >= 0.6 is 23.2 Å². The summed E-state index contributed by atoms with van der Waals surface area (Å²) in [7, 11) is 0. The highest BCUT2D eigenvalue weighted by molar-refractivity contribution is 6.36. The van der Waals surface area contributed by atoms with Gasteiger partial charge in [-0.25, -0.2) is 14.0 Å². The SMILES string of the molecule is CC(C)(C)OC(=O)Nc1ccc(-c2nc(-c3ccc(CC(NC(=O)c4ccc(-c5ccc(Cl)cc5Cl)o4)C(=O)O)cc3F)no2)cc1. The largest absolute Gasteiger partial charge is 0.480 e. The van der Waals surface area contributed by atoms with Gasteiger partial charge in [0.1, 0.15) is 23.2 Å². The van der Waals surface area contributed by atoms with Gasteiger partial charge in [0.15, 0.2) is 5.76 Å². The summed E-state index contributed by atoms with van der Waals surface area (Å²) in [6.45, 7) is 5.27. The molecule has 0 aliphatic heterocycles. The lowest BCUT2D eigenvalue weighted by Crippen LogP contribution is -2.42. The lowest BCUT2D eigenvalue weighted by atomic mass is 10.0. The number of anilines is 1. The molecule has 3 aromatic carbocycles. The third kappa shape index (κ3) is 8.34. The number of amides is 2. The maximum atomic E-state index is 15.2. The van der Waals surface area contributed by atoms with Crippen molar-refractivity contribution in [2.24, 2.45) is 0 Å². The van der Waals surface area contributed by atoms with E-state index >= 15 is 4.39 Å². The summed E-state index contributed by atoms with van der Waals surface area (Å²) in [6, 6.07) is 16.8. The van der Waals surface area contributed by atoms with Crippen molar-refractivity contribution in [2.75, 3.05) is 5.32 Å².